The van der Waals surface area contributed by atoms with E-state index in [-0.39, 0.29) is 5.91 Å². The number of aromatic amines is 1. The van der Waals surface area contributed by atoms with Crippen molar-refractivity contribution in [1.29, 1.82) is 0 Å². The average molecular weight is 317 g/mol. The number of likely N-dealkylation sites (tertiary alicyclic amines) is 1. The summed E-state index contributed by atoms with van der Waals surface area (Å²) in [5, 5.41) is 4.17. The van der Waals surface area contributed by atoms with Gasteiger partial charge in [0.15, 0.2) is 0 Å². The Hall–Kier alpha value is -1.76. The van der Waals surface area contributed by atoms with Gasteiger partial charge in [-0.05, 0) is 43.1 Å². The van der Waals surface area contributed by atoms with Gasteiger partial charge in [-0.2, -0.15) is 0 Å². The Morgan fingerprint density at radius 1 is 1.32 bits per heavy atom. The van der Waals surface area contributed by atoms with Gasteiger partial charge in [0.25, 0.3) is 5.91 Å². The van der Waals surface area contributed by atoms with E-state index in [1.807, 2.05) is 11.1 Å². The summed E-state index contributed by atoms with van der Waals surface area (Å²) in [6.07, 6.45) is 9.02. The van der Waals surface area contributed by atoms with Gasteiger partial charge in [0.1, 0.15) is 10.7 Å². The van der Waals surface area contributed by atoms with Crippen LogP contribution >= 0.6 is 11.5 Å². The van der Waals surface area contributed by atoms with Gasteiger partial charge in [-0.15, -0.1) is 5.10 Å². The van der Waals surface area contributed by atoms with Crippen LogP contribution in [0.4, 0.5) is 0 Å². The maximum atomic E-state index is 12.7. The van der Waals surface area contributed by atoms with Crippen molar-refractivity contribution < 1.29 is 4.79 Å². The van der Waals surface area contributed by atoms with Crippen molar-refractivity contribution in [3.8, 4) is 0 Å². The molecule has 2 aromatic heterocycles. The third kappa shape index (κ3) is 2.77. The zero-order chi connectivity index (χ0) is 14.9. The number of rotatable bonds is 4. The first kappa shape index (κ1) is 13.9. The van der Waals surface area contributed by atoms with Crippen molar-refractivity contribution in [3.63, 3.8) is 0 Å². The molecule has 0 aromatic carbocycles. The summed E-state index contributed by atoms with van der Waals surface area (Å²) in [7, 11) is 0. The highest BCUT2D eigenvalue weighted by Gasteiger charge is 2.34. The predicted molar refractivity (Wildman–Crippen MR) is 82.8 cm³/mol. The van der Waals surface area contributed by atoms with Crippen molar-refractivity contribution >= 4 is 17.4 Å². The molecule has 2 fully saturated rings. The lowest BCUT2D eigenvalue weighted by atomic mass is 9.93. The first-order valence-electron chi connectivity index (χ1n) is 7.91. The number of H-pyrrole nitrogens is 1. The number of amides is 1. The number of piperidine rings is 1. The molecule has 7 heteroatoms. The van der Waals surface area contributed by atoms with Crippen LogP contribution in [0, 0.1) is 5.92 Å². The molecule has 0 bridgehead atoms. The van der Waals surface area contributed by atoms with Crippen LogP contribution in [0.1, 0.15) is 52.8 Å². The average Bonchev–Trinajstić information content (AvgIpc) is 3.06. The summed E-state index contributed by atoms with van der Waals surface area (Å²) in [6, 6.07) is 0. The summed E-state index contributed by atoms with van der Waals surface area (Å²) in [5.74, 6) is 2.27. The molecule has 1 amide bonds. The molecule has 6 nitrogen and oxygen atoms in total. The maximum Gasteiger partial charge on any atom is 0.267 e. The number of aromatic nitrogens is 4. The molecule has 1 saturated carbocycles. The normalized spacial score (nSPS) is 19.5. The number of carbonyl (C=O) groups excluding carboxylic acids is 1. The lowest BCUT2D eigenvalue weighted by Crippen LogP contribution is -2.39. The second-order valence-electron chi connectivity index (χ2n) is 6.24. The fourth-order valence-corrected chi connectivity index (χ4v) is 3.86. The number of hydrogen-bond acceptors (Lipinski definition) is 5. The highest BCUT2D eigenvalue weighted by Crippen LogP contribution is 2.41. The fraction of sp³-hybridized carbons (Fsp3) is 0.600. The first-order valence-corrected chi connectivity index (χ1v) is 8.68. The minimum Gasteiger partial charge on any atom is -0.349 e. The van der Waals surface area contributed by atoms with Crippen LogP contribution in [0.3, 0.4) is 0 Å². The first-order chi connectivity index (χ1) is 10.8. The van der Waals surface area contributed by atoms with E-state index in [4.69, 9.17) is 0 Å². The standard InChI is InChI=1S/C15H19N5OS/c21-15(14-13(11-1-2-11)18-19-22-14)20-7-3-10(4-8-20)9-12-16-5-6-17-12/h5-6,10-11H,1-4,7-9H2,(H,16,17). The van der Waals surface area contributed by atoms with Crippen LogP contribution < -0.4 is 0 Å². The Kier molecular flexibility index (Phi) is 3.65. The van der Waals surface area contributed by atoms with Crippen LogP contribution in [-0.2, 0) is 6.42 Å². The van der Waals surface area contributed by atoms with Crippen LogP contribution in [0.2, 0.25) is 0 Å². The van der Waals surface area contributed by atoms with Gasteiger partial charge in [0.2, 0.25) is 0 Å². The van der Waals surface area contributed by atoms with Crippen molar-refractivity contribution in [3.05, 3.63) is 28.8 Å². The number of nitrogens with one attached hydrogen (secondary N) is 1. The Bertz CT molecular complexity index is 641. The SMILES string of the molecule is O=C(c1snnc1C1CC1)N1CCC(Cc2ncc[nH]2)CC1. The Morgan fingerprint density at radius 2 is 2.14 bits per heavy atom. The van der Waals surface area contributed by atoms with Crippen molar-refractivity contribution in [2.24, 2.45) is 5.92 Å². The third-order valence-electron chi connectivity index (χ3n) is 4.61. The van der Waals surface area contributed by atoms with E-state index in [2.05, 4.69) is 19.6 Å². The van der Waals surface area contributed by atoms with E-state index in [1.165, 1.54) is 11.5 Å². The second kappa shape index (κ2) is 5.79. The lowest BCUT2D eigenvalue weighted by molar-refractivity contribution is 0.0693. The molecule has 1 N–H and O–H groups in total. The molecule has 116 valence electrons. The number of imidazole rings is 1. The van der Waals surface area contributed by atoms with Gasteiger partial charge in [0, 0.05) is 37.8 Å². The molecule has 2 aliphatic rings. The van der Waals surface area contributed by atoms with Gasteiger partial charge >= 0.3 is 0 Å². The molecule has 1 aliphatic heterocycles. The summed E-state index contributed by atoms with van der Waals surface area (Å²) in [5.41, 5.74) is 0.938. The Morgan fingerprint density at radius 3 is 2.82 bits per heavy atom. The highest BCUT2D eigenvalue weighted by atomic mass is 32.1. The maximum absolute atomic E-state index is 12.7. The van der Waals surface area contributed by atoms with Crippen molar-refractivity contribution in [2.45, 2.75) is 38.0 Å². The Labute approximate surface area is 133 Å². The molecule has 0 radical (unpaired) electrons. The van der Waals surface area contributed by atoms with Gasteiger partial charge in [0.05, 0.1) is 5.69 Å². The fourth-order valence-electron chi connectivity index (χ4n) is 3.14. The molecule has 3 heterocycles. The molecule has 0 atom stereocenters. The summed E-state index contributed by atoms with van der Waals surface area (Å²) < 4.78 is 4.00. The van der Waals surface area contributed by atoms with E-state index in [0.29, 0.717) is 11.8 Å². The minimum absolute atomic E-state index is 0.133. The number of carbonyl (C=O) groups is 1. The summed E-state index contributed by atoms with van der Waals surface area (Å²) in [6.45, 7) is 1.65. The highest BCUT2D eigenvalue weighted by molar-refractivity contribution is 7.08. The van der Waals surface area contributed by atoms with E-state index < -0.39 is 0 Å². The van der Waals surface area contributed by atoms with E-state index in [1.54, 1.807) is 6.20 Å². The third-order valence-corrected chi connectivity index (χ3v) is 5.34. The summed E-state index contributed by atoms with van der Waals surface area (Å²) >= 11 is 1.26. The molecule has 1 aliphatic carbocycles. The van der Waals surface area contributed by atoms with Gasteiger partial charge in [-0.25, -0.2) is 4.98 Å². The van der Waals surface area contributed by atoms with Crippen LogP contribution in [-0.4, -0.2) is 43.5 Å². The van der Waals surface area contributed by atoms with Crippen molar-refractivity contribution in [1.82, 2.24) is 24.5 Å². The quantitative estimate of drug-likeness (QED) is 0.938. The van der Waals surface area contributed by atoms with Crippen LogP contribution in [0.25, 0.3) is 0 Å². The lowest BCUT2D eigenvalue weighted by Gasteiger charge is -2.31. The van der Waals surface area contributed by atoms with Gasteiger partial charge in [-0.3, -0.25) is 4.79 Å². The van der Waals surface area contributed by atoms with E-state index in [9.17, 15) is 4.79 Å². The number of nitrogens with zero attached hydrogens (tertiary/aromatic N) is 4. The predicted octanol–water partition coefficient (Wildman–Crippen LogP) is 2.23. The molecule has 0 unspecified atom stereocenters. The molecular formula is C15H19N5OS. The smallest absolute Gasteiger partial charge is 0.267 e. The molecule has 1 saturated heterocycles. The minimum atomic E-state index is 0.133. The zero-order valence-corrected chi connectivity index (χ0v) is 13.2. The monoisotopic (exact) mass is 317 g/mol. The second-order valence-corrected chi connectivity index (χ2v) is 6.99. The summed E-state index contributed by atoms with van der Waals surface area (Å²) in [4.78, 5) is 22.9. The zero-order valence-electron chi connectivity index (χ0n) is 12.4. The van der Waals surface area contributed by atoms with Crippen molar-refractivity contribution in [2.75, 3.05) is 13.1 Å². The van der Waals surface area contributed by atoms with Gasteiger partial charge in [-0.1, -0.05) is 4.49 Å². The van der Waals surface area contributed by atoms with Gasteiger partial charge < -0.3 is 9.88 Å². The molecule has 4 rings (SSSR count). The Balaban J connectivity index is 1.36. The van der Waals surface area contributed by atoms with Crippen LogP contribution in [0.5, 0.6) is 0 Å². The molecule has 0 spiro atoms. The number of hydrogen-bond donors (Lipinski definition) is 1. The molecule has 2 aromatic rings. The van der Waals surface area contributed by atoms with Crippen LogP contribution in [0.15, 0.2) is 12.4 Å². The topological polar surface area (TPSA) is 74.8 Å². The largest absolute Gasteiger partial charge is 0.349 e. The van der Waals surface area contributed by atoms with E-state index >= 15 is 0 Å². The molecule has 22 heavy (non-hydrogen) atoms. The molecular weight excluding hydrogens is 298 g/mol. The van der Waals surface area contributed by atoms with E-state index in [0.717, 1.165) is 61.6 Å².